The number of aliphatic imine (C=N–C) groups is 1. The highest BCUT2D eigenvalue weighted by Crippen LogP contribution is 2.19. The maximum Gasteiger partial charge on any atom is 0.332 e. The Morgan fingerprint density at radius 3 is 2.10 bits per heavy atom. The van der Waals surface area contributed by atoms with Crippen LogP contribution in [0.4, 0.5) is 10.5 Å². The molecule has 1 aromatic rings. The number of carbonyl (C=O) groups is 3. The van der Waals surface area contributed by atoms with Crippen LogP contribution in [0.5, 0.6) is 0 Å². The summed E-state index contributed by atoms with van der Waals surface area (Å²) in [4.78, 5) is 45.8. The van der Waals surface area contributed by atoms with E-state index in [9.17, 15) is 14.4 Å². The Hall–Kier alpha value is -2.57. The fourth-order valence-corrected chi connectivity index (χ4v) is 1.95. The molecular formula is C13H14N4O3. The maximum atomic E-state index is 12.1. The summed E-state index contributed by atoms with van der Waals surface area (Å²) >= 11 is 0. The molecule has 0 bridgehead atoms. The third-order valence-electron chi connectivity index (χ3n) is 3.11. The molecule has 104 valence electrons. The van der Waals surface area contributed by atoms with Crippen LogP contribution < -0.4 is 0 Å². The quantitative estimate of drug-likeness (QED) is 0.591. The molecule has 0 aromatic carbocycles. The van der Waals surface area contributed by atoms with Gasteiger partial charge in [0.15, 0.2) is 5.92 Å². The smallest absolute Gasteiger partial charge is 0.273 e. The van der Waals surface area contributed by atoms with Gasteiger partial charge in [-0.2, -0.15) is 0 Å². The lowest BCUT2D eigenvalue weighted by molar-refractivity contribution is -0.144. The molecular weight excluding hydrogens is 260 g/mol. The molecule has 0 saturated carbocycles. The summed E-state index contributed by atoms with van der Waals surface area (Å²) in [7, 11) is 2.70. The second-order valence-electron chi connectivity index (χ2n) is 4.47. The number of imide groups is 2. The SMILES string of the molecule is CC(=Nc1ccncc1)C1C(=O)N(C)C(=O)N(C)C1=O. The zero-order valence-corrected chi connectivity index (χ0v) is 11.4. The summed E-state index contributed by atoms with van der Waals surface area (Å²) in [5.74, 6) is -2.18. The molecule has 0 spiro atoms. The molecule has 0 N–H and O–H groups in total. The van der Waals surface area contributed by atoms with Gasteiger partial charge in [-0.05, 0) is 19.1 Å². The first kappa shape index (κ1) is 13.9. The summed E-state index contributed by atoms with van der Waals surface area (Å²) in [6.07, 6.45) is 3.14. The monoisotopic (exact) mass is 274 g/mol. The van der Waals surface area contributed by atoms with E-state index in [1.54, 1.807) is 31.5 Å². The number of aromatic nitrogens is 1. The highest BCUT2D eigenvalue weighted by molar-refractivity contribution is 6.27. The Balaban J connectivity index is 2.35. The van der Waals surface area contributed by atoms with Crippen molar-refractivity contribution in [2.24, 2.45) is 10.9 Å². The van der Waals surface area contributed by atoms with Gasteiger partial charge < -0.3 is 0 Å². The van der Waals surface area contributed by atoms with Crippen LogP contribution >= 0.6 is 0 Å². The van der Waals surface area contributed by atoms with E-state index in [1.165, 1.54) is 14.1 Å². The highest BCUT2D eigenvalue weighted by Gasteiger charge is 2.43. The van der Waals surface area contributed by atoms with Crippen LogP contribution in [0.2, 0.25) is 0 Å². The van der Waals surface area contributed by atoms with Crippen molar-refractivity contribution in [1.29, 1.82) is 0 Å². The molecule has 0 unspecified atom stereocenters. The minimum Gasteiger partial charge on any atom is -0.273 e. The standard InChI is InChI=1S/C13H14N4O3/c1-8(15-9-4-6-14-7-5-9)10-11(18)16(2)13(20)17(3)12(10)19/h4-7,10H,1-3H3. The summed E-state index contributed by atoms with van der Waals surface area (Å²) in [5.41, 5.74) is 0.942. The average molecular weight is 274 g/mol. The number of hydrogen-bond acceptors (Lipinski definition) is 5. The van der Waals surface area contributed by atoms with E-state index in [0.29, 0.717) is 11.4 Å². The van der Waals surface area contributed by atoms with Crippen LogP contribution in [-0.2, 0) is 9.59 Å². The van der Waals surface area contributed by atoms with Crippen molar-refractivity contribution in [3.8, 4) is 0 Å². The number of urea groups is 1. The molecule has 1 aromatic heterocycles. The number of amides is 4. The molecule has 1 fully saturated rings. The lowest BCUT2D eigenvalue weighted by Crippen LogP contribution is -2.58. The van der Waals surface area contributed by atoms with E-state index in [0.717, 1.165) is 9.80 Å². The first-order valence-electron chi connectivity index (χ1n) is 5.97. The molecule has 4 amide bonds. The van der Waals surface area contributed by atoms with Gasteiger partial charge in [-0.25, -0.2) is 4.79 Å². The van der Waals surface area contributed by atoms with Crippen LogP contribution in [0.15, 0.2) is 29.5 Å². The summed E-state index contributed by atoms with van der Waals surface area (Å²) in [6.45, 7) is 1.60. The first-order chi connectivity index (χ1) is 9.43. The van der Waals surface area contributed by atoms with Crippen LogP contribution in [0.3, 0.4) is 0 Å². The molecule has 0 atom stereocenters. The zero-order chi connectivity index (χ0) is 14.9. The van der Waals surface area contributed by atoms with Gasteiger partial charge in [0.2, 0.25) is 11.8 Å². The molecule has 20 heavy (non-hydrogen) atoms. The number of carbonyl (C=O) groups excluding carboxylic acids is 3. The third kappa shape index (κ3) is 2.29. The van der Waals surface area contributed by atoms with Crippen LogP contribution in [-0.4, -0.2) is 52.4 Å². The third-order valence-corrected chi connectivity index (χ3v) is 3.11. The van der Waals surface area contributed by atoms with E-state index in [2.05, 4.69) is 9.98 Å². The van der Waals surface area contributed by atoms with Crippen molar-refractivity contribution in [2.75, 3.05) is 14.1 Å². The first-order valence-corrected chi connectivity index (χ1v) is 5.97. The molecule has 1 saturated heterocycles. The van der Waals surface area contributed by atoms with Crippen molar-refractivity contribution in [1.82, 2.24) is 14.8 Å². The van der Waals surface area contributed by atoms with Gasteiger partial charge in [0.25, 0.3) is 0 Å². The summed E-state index contributed by atoms with van der Waals surface area (Å²) < 4.78 is 0. The number of nitrogens with zero attached hydrogens (tertiary/aromatic N) is 4. The maximum absolute atomic E-state index is 12.1. The average Bonchev–Trinajstić information content (AvgIpc) is 2.44. The van der Waals surface area contributed by atoms with E-state index >= 15 is 0 Å². The van der Waals surface area contributed by atoms with Crippen LogP contribution in [0, 0.1) is 5.92 Å². The zero-order valence-electron chi connectivity index (χ0n) is 11.4. The highest BCUT2D eigenvalue weighted by atomic mass is 16.2. The minimum atomic E-state index is -1.06. The van der Waals surface area contributed by atoms with Gasteiger partial charge in [-0.15, -0.1) is 0 Å². The molecule has 1 aliphatic heterocycles. The van der Waals surface area contributed by atoms with Crippen molar-refractivity contribution < 1.29 is 14.4 Å². The molecule has 0 aliphatic carbocycles. The Morgan fingerprint density at radius 1 is 1.10 bits per heavy atom. The Kier molecular flexibility index (Phi) is 3.60. The number of barbiturate groups is 1. The lowest BCUT2D eigenvalue weighted by Gasteiger charge is -2.32. The second-order valence-corrected chi connectivity index (χ2v) is 4.47. The molecule has 0 radical (unpaired) electrons. The van der Waals surface area contributed by atoms with Crippen LogP contribution in [0.1, 0.15) is 6.92 Å². The van der Waals surface area contributed by atoms with Gasteiger partial charge in [-0.3, -0.25) is 29.4 Å². The molecule has 7 nitrogen and oxygen atoms in total. The van der Waals surface area contributed by atoms with Gasteiger partial charge >= 0.3 is 6.03 Å². The fraction of sp³-hybridized carbons (Fsp3) is 0.308. The molecule has 1 aliphatic rings. The van der Waals surface area contributed by atoms with E-state index in [4.69, 9.17) is 0 Å². The molecule has 7 heteroatoms. The minimum absolute atomic E-state index is 0.345. The second kappa shape index (κ2) is 5.20. The van der Waals surface area contributed by atoms with E-state index in [-0.39, 0.29) is 0 Å². The van der Waals surface area contributed by atoms with Gasteiger partial charge in [-0.1, -0.05) is 0 Å². The Morgan fingerprint density at radius 2 is 1.60 bits per heavy atom. The van der Waals surface area contributed by atoms with Gasteiger partial charge in [0, 0.05) is 32.2 Å². The predicted octanol–water partition coefficient (Wildman–Crippen LogP) is 0.841. The molecule has 2 rings (SSSR count). The Bertz CT molecular complexity index is 573. The van der Waals surface area contributed by atoms with Crippen molar-refractivity contribution >= 4 is 29.2 Å². The lowest BCUT2D eigenvalue weighted by atomic mass is 9.99. The number of rotatable bonds is 2. The number of hydrogen-bond donors (Lipinski definition) is 0. The predicted molar refractivity (Wildman–Crippen MR) is 71.4 cm³/mol. The fourth-order valence-electron chi connectivity index (χ4n) is 1.95. The molecule has 2 heterocycles. The number of pyridine rings is 1. The summed E-state index contributed by atoms with van der Waals surface area (Å²) in [6, 6.07) is 2.70. The Labute approximate surface area is 115 Å². The van der Waals surface area contributed by atoms with Crippen molar-refractivity contribution in [3.05, 3.63) is 24.5 Å². The van der Waals surface area contributed by atoms with Crippen molar-refractivity contribution in [3.63, 3.8) is 0 Å². The topological polar surface area (TPSA) is 82.9 Å². The van der Waals surface area contributed by atoms with E-state index in [1.807, 2.05) is 0 Å². The summed E-state index contributed by atoms with van der Waals surface area (Å²) in [5, 5.41) is 0. The van der Waals surface area contributed by atoms with Crippen LogP contribution in [0.25, 0.3) is 0 Å². The van der Waals surface area contributed by atoms with Gasteiger partial charge in [0.1, 0.15) is 0 Å². The largest absolute Gasteiger partial charge is 0.332 e. The van der Waals surface area contributed by atoms with Gasteiger partial charge in [0.05, 0.1) is 5.69 Å². The van der Waals surface area contributed by atoms with E-state index < -0.39 is 23.8 Å². The van der Waals surface area contributed by atoms with Crippen molar-refractivity contribution in [2.45, 2.75) is 6.92 Å². The normalized spacial score (nSPS) is 17.9.